The van der Waals surface area contributed by atoms with Crippen LogP contribution in [0.5, 0.6) is 0 Å². The molecule has 2 heterocycles. The normalized spacial score (nSPS) is 21.3. The SMILES string of the molecule is S=C(S)N(C1CNCCS1)N(C(=S)S)N1C=CC=CO1. The minimum Gasteiger partial charge on any atom is -0.366 e. The van der Waals surface area contributed by atoms with Crippen LogP contribution in [0, 0.1) is 0 Å². The van der Waals surface area contributed by atoms with Crippen LogP contribution in [0.15, 0.2) is 24.6 Å². The highest BCUT2D eigenvalue weighted by molar-refractivity contribution is 8.11. The molecule has 1 saturated heterocycles. The number of nitrogens with one attached hydrogen (secondary N) is 1. The summed E-state index contributed by atoms with van der Waals surface area (Å²) in [5.41, 5.74) is 0. The quantitative estimate of drug-likeness (QED) is 0.387. The Morgan fingerprint density at radius 1 is 1.35 bits per heavy atom. The van der Waals surface area contributed by atoms with Gasteiger partial charge in [0, 0.05) is 18.8 Å². The Hall–Kier alpha value is -0.130. The molecule has 1 N–H and O–H groups in total. The van der Waals surface area contributed by atoms with E-state index in [1.165, 1.54) is 5.17 Å². The lowest BCUT2D eigenvalue weighted by atomic mass is 10.5. The summed E-state index contributed by atoms with van der Waals surface area (Å²) in [6.45, 7) is 1.74. The van der Waals surface area contributed by atoms with E-state index in [0.717, 1.165) is 18.8 Å². The van der Waals surface area contributed by atoms with Gasteiger partial charge in [0.05, 0.1) is 6.20 Å². The van der Waals surface area contributed by atoms with E-state index >= 15 is 0 Å². The average Bonchev–Trinajstić information content (AvgIpc) is 2.45. The molecule has 10 heteroatoms. The van der Waals surface area contributed by atoms with Crippen LogP contribution in [0.1, 0.15) is 0 Å². The first-order valence-corrected chi connectivity index (χ1v) is 8.54. The zero-order chi connectivity index (χ0) is 14.5. The zero-order valence-corrected chi connectivity index (χ0v) is 14.6. The Balaban J connectivity index is 2.22. The third-order valence-electron chi connectivity index (χ3n) is 2.51. The van der Waals surface area contributed by atoms with Crippen molar-refractivity contribution < 1.29 is 4.84 Å². The first-order valence-electron chi connectivity index (χ1n) is 5.78. The molecule has 110 valence electrons. The van der Waals surface area contributed by atoms with E-state index < -0.39 is 0 Å². The van der Waals surface area contributed by atoms with Crippen LogP contribution in [-0.2, 0) is 4.84 Å². The summed E-state index contributed by atoms with van der Waals surface area (Å²) in [5, 5.41) is 8.23. The Bertz CT molecular complexity index is 437. The number of hydrogen-bond donors (Lipinski definition) is 3. The summed E-state index contributed by atoms with van der Waals surface area (Å²) in [6, 6.07) is 0. The molecular weight excluding hydrogens is 352 g/mol. The molecule has 0 radical (unpaired) electrons. The lowest BCUT2D eigenvalue weighted by Crippen LogP contribution is -2.59. The maximum Gasteiger partial charge on any atom is 0.178 e. The molecular formula is C10H14N4OS5. The van der Waals surface area contributed by atoms with Gasteiger partial charge in [-0.3, -0.25) is 0 Å². The van der Waals surface area contributed by atoms with E-state index in [2.05, 4.69) is 30.6 Å². The molecule has 20 heavy (non-hydrogen) atoms. The van der Waals surface area contributed by atoms with Crippen molar-refractivity contribution in [1.29, 1.82) is 0 Å². The Kier molecular flexibility index (Phi) is 6.30. The van der Waals surface area contributed by atoms with Crippen molar-refractivity contribution in [3.05, 3.63) is 24.6 Å². The van der Waals surface area contributed by atoms with E-state index in [4.69, 9.17) is 29.3 Å². The van der Waals surface area contributed by atoms with Crippen molar-refractivity contribution in [2.24, 2.45) is 0 Å². The third-order valence-corrected chi connectivity index (χ3v) is 4.44. The number of thiocarbonyl (C=S) groups is 2. The topological polar surface area (TPSA) is 31.0 Å². The molecule has 2 aliphatic rings. The van der Waals surface area contributed by atoms with Crippen molar-refractivity contribution >= 4 is 70.1 Å². The van der Waals surface area contributed by atoms with E-state index in [-0.39, 0.29) is 5.37 Å². The largest absolute Gasteiger partial charge is 0.366 e. The monoisotopic (exact) mass is 366 g/mol. The van der Waals surface area contributed by atoms with E-state index in [0.29, 0.717) is 8.64 Å². The van der Waals surface area contributed by atoms with E-state index in [1.54, 1.807) is 40.4 Å². The molecule has 2 rings (SSSR count). The lowest BCUT2D eigenvalue weighted by Gasteiger charge is -2.44. The average molecular weight is 367 g/mol. The highest BCUT2D eigenvalue weighted by Gasteiger charge is 2.32. The van der Waals surface area contributed by atoms with Gasteiger partial charge in [-0.1, -0.05) is 12.2 Å². The van der Waals surface area contributed by atoms with Gasteiger partial charge in [0.2, 0.25) is 0 Å². The summed E-state index contributed by atoms with van der Waals surface area (Å²) in [5.74, 6) is 0.987. The van der Waals surface area contributed by atoms with Gasteiger partial charge in [0.15, 0.2) is 8.64 Å². The third kappa shape index (κ3) is 3.95. The number of nitrogens with zero attached hydrogens (tertiary/aromatic N) is 3. The van der Waals surface area contributed by atoms with Gasteiger partial charge < -0.3 is 10.2 Å². The van der Waals surface area contributed by atoms with E-state index in [9.17, 15) is 0 Å². The van der Waals surface area contributed by atoms with Gasteiger partial charge in [-0.25, -0.2) is 5.01 Å². The summed E-state index contributed by atoms with van der Waals surface area (Å²) < 4.78 is 0.710. The molecule has 0 aliphatic carbocycles. The predicted molar refractivity (Wildman–Crippen MR) is 97.2 cm³/mol. The standard InChI is InChI=1S/C10H14N4OS5/c16-9(17)13(8-7-11-3-6-20-8)14(10(18)19)12-4-1-2-5-15-12/h1-2,4-5,8,11H,3,6-7H2,(H,16,17)(H,18,19). The molecule has 1 fully saturated rings. The Labute approximate surface area is 144 Å². The van der Waals surface area contributed by atoms with Crippen molar-refractivity contribution in [2.45, 2.75) is 5.37 Å². The molecule has 2 aliphatic heterocycles. The smallest absolute Gasteiger partial charge is 0.178 e. The van der Waals surface area contributed by atoms with Crippen LogP contribution in [0.4, 0.5) is 0 Å². The van der Waals surface area contributed by atoms with Gasteiger partial charge >= 0.3 is 0 Å². The number of hydrogen-bond acceptors (Lipinski definition) is 6. The summed E-state index contributed by atoms with van der Waals surface area (Å²) in [4.78, 5) is 5.41. The van der Waals surface area contributed by atoms with Gasteiger partial charge in [0.1, 0.15) is 11.6 Å². The highest BCUT2D eigenvalue weighted by Crippen LogP contribution is 2.25. The predicted octanol–water partition coefficient (Wildman–Crippen LogP) is 1.79. The number of hydroxylamine groups is 1. The number of thiol groups is 2. The fourth-order valence-corrected chi connectivity index (χ4v) is 3.75. The van der Waals surface area contributed by atoms with Gasteiger partial charge in [-0.05, 0) is 24.4 Å². The summed E-state index contributed by atoms with van der Waals surface area (Å²) >= 11 is 20.8. The second-order valence-corrected chi connectivity index (χ2v) is 7.32. The zero-order valence-electron chi connectivity index (χ0n) is 10.4. The molecule has 0 aromatic heterocycles. The van der Waals surface area contributed by atoms with Gasteiger partial charge in [-0.2, -0.15) is 0 Å². The minimum atomic E-state index is 0.0711. The van der Waals surface area contributed by atoms with Crippen LogP contribution >= 0.6 is 61.5 Å². The number of rotatable bonds is 2. The molecule has 0 bridgehead atoms. The number of hydrazine groups is 2. The maximum atomic E-state index is 5.41. The molecule has 0 saturated carbocycles. The van der Waals surface area contributed by atoms with Crippen LogP contribution in [0.2, 0.25) is 0 Å². The fourth-order valence-electron chi connectivity index (χ4n) is 1.72. The summed E-state index contributed by atoms with van der Waals surface area (Å²) in [6.07, 6.45) is 6.87. The fraction of sp³-hybridized carbons (Fsp3) is 0.400. The molecule has 5 nitrogen and oxygen atoms in total. The second-order valence-electron chi connectivity index (χ2n) is 3.81. The van der Waals surface area contributed by atoms with Crippen LogP contribution in [0.25, 0.3) is 0 Å². The van der Waals surface area contributed by atoms with Gasteiger partial charge in [-0.15, -0.1) is 47.3 Å². The van der Waals surface area contributed by atoms with Crippen LogP contribution in [0.3, 0.4) is 0 Å². The molecule has 1 unspecified atom stereocenters. The molecule has 0 aromatic carbocycles. The minimum absolute atomic E-state index is 0.0711. The highest BCUT2D eigenvalue weighted by atomic mass is 32.2. The van der Waals surface area contributed by atoms with Crippen LogP contribution < -0.4 is 5.32 Å². The van der Waals surface area contributed by atoms with Crippen molar-refractivity contribution in [2.75, 3.05) is 18.8 Å². The van der Waals surface area contributed by atoms with E-state index in [1.807, 2.05) is 6.08 Å². The lowest BCUT2D eigenvalue weighted by molar-refractivity contribution is -0.236. The number of allylic oxidation sites excluding steroid dienone is 2. The molecule has 0 spiro atoms. The first-order chi connectivity index (χ1) is 9.61. The Morgan fingerprint density at radius 3 is 2.65 bits per heavy atom. The van der Waals surface area contributed by atoms with Crippen LogP contribution in [-0.4, -0.2) is 48.2 Å². The van der Waals surface area contributed by atoms with Gasteiger partial charge in [0.25, 0.3) is 0 Å². The first kappa shape index (κ1) is 16.2. The van der Waals surface area contributed by atoms with Crippen molar-refractivity contribution in [1.82, 2.24) is 20.6 Å². The number of thioether (sulfide) groups is 1. The molecule has 1 atom stereocenters. The molecule has 0 aromatic rings. The Morgan fingerprint density at radius 2 is 2.15 bits per heavy atom. The van der Waals surface area contributed by atoms with Crippen molar-refractivity contribution in [3.63, 3.8) is 0 Å². The second kappa shape index (κ2) is 7.76. The molecule has 0 amide bonds. The van der Waals surface area contributed by atoms with Crippen molar-refractivity contribution in [3.8, 4) is 0 Å². The summed E-state index contributed by atoms with van der Waals surface area (Å²) in [7, 11) is 0. The maximum absolute atomic E-state index is 5.41.